The van der Waals surface area contributed by atoms with Crippen LogP contribution in [0.4, 0.5) is 0 Å². The number of aromatic nitrogens is 4. The molecule has 326 valence electrons. The Morgan fingerprint density at radius 1 is 0.362 bits per heavy atom. The van der Waals surface area contributed by atoms with Gasteiger partial charge in [-0.3, -0.25) is 8.97 Å². The molecule has 0 spiro atoms. The second kappa shape index (κ2) is 15.1. The number of para-hydroxylation sites is 6. The van der Waals surface area contributed by atoms with Crippen molar-refractivity contribution in [1.29, 1.82) is 0 Å². The van der Waals surface area contributed by atoms with E-state index in [2.05, 4.69) is 264 Å². The Balaban J connectivity index is 0.854. The molecule has 1 unspecified atom stereocenters. The summed E-state index contributed by atoms with van der Waals surface area (Å²) >= 11 is 0. The van der Waals surface area contributed by atoms with Crippen LogP contribution in [0.5, 0.6) is 0 Å². The largest absolute Gasteiger partial charge is 0.309 e. The Morgan fingerprint density at radius 3 is 1.58 bits per heavy atom. The lowest BCUT2D eigenvalue weighted by atomic mass is 9.78. The lowest BCUT2D eigenvalue weighted by Gasteiger charge is -2.25. The van der Waals surface area contributed by atoms with E-state index >= 15 is 0 Å². The molecule has 1 aliphatic rings. The first-order valence-electron chi connectivity index (χ1n) is 24.0. The van der Waals surface area contributed by atoms with Gasteiger partial charge in [0.25, 0.3) is 0 Å². The van der Waals surface area contributed by atoms with E-state index in [0.717, 1.165) is 33.5 Å². The Labute approximate surface area is 400 Å². The summed E-state index contributed by atoms with van der Waals surface area (Å²) in [5.74, 6) is 0.941. The molecule has 1 aliphatic carbocycles. The number of hydrogen-bond acceptors (Lipinski definition) is 1. The summed E-state index contributed by atoms with van der Waals surface area (Å²) in [6.45, 7) is 4.82. The Hall–Kier alpha value is -8.73. The van der Waals surface area contributed by atoms with Gasteiger partial charge in [-0.05, 0) is 128 Å². The zero-order chi connectivity index (χ0) is 45.8. The third kappa shape index (κ3) is 6.05. The van der Waals surface area contributed by atoms with Crippen LogP contribution in [0, 0.1) is 0 Å². The standard InChI is InChI=1S/C65H46N4/c1-65(2)55-39-48(35-38-51(55)53-40-54-52-19-9-11-21-58(52)67(62(54)41-56(53)65)49-17-7-4-8-18-49)63(46-29-25-43(26-30-46)42-15-5-3-6-16-42)47-31-27-44(28-32-47)45-33-36-50(37-34-45)68-60-23-13-14-24-61(60)69-59-22-12-10-20-57(59)66-64(68)69/h3-41,63H,1-2H3. The minimum absolute atomic E-state index is 0.0241. The van der Waals surface area contributed by atoms with E-state index in [1.54, 1.807) is 0 Å². The summed E-state index contributed by atoms with van der Waals surface area (Å²) in [5, 5.41) is 2.56. The Morgan fingerprint density at radius 2 is 0.884 bits per heavy atom. The highest BCUT2D eigenvalue weighted by Gasteiger charge is 2.37. The maximum absolute atomic E-state index is 5.10. The summed E-state index contributed by atoms with van der Waals surface area (Å²) in [5.41, 5.74) is 22.9. The number of fused-ring (bicyclic) bond motifs is 11. The second-order valence-corrected chi connectivity index (χ2v) is 19.2. The van der Waals surface area contributed by atoms with Crippen molar-refractivity contribution in [3.8, 4) is 44.8 Å². The van der Waals surface area contributed by atoms with Gasteiger partial charge in [0, 0.05) is 33.5 Å². The lowest BCUT2D eigenvalue weighted by Crippen LogP contribution is -2.16. The average molecular weight is 883 g/mol. The SMILES string of the molecule is CC1(C)c2cc(C(c3ccc(-c4ccccc4)cc3)c3ccc(-c4ccc(-n5c6ccccc6n6c7ccccc7nc56)cc4)cc3)ccc2-c2cc3c4ccccc4n(-c4ccccc4)c3cc21. The number of nitrogens with zero attached hydrogens (tertiary/aromatic N) is 4. The maximum Gasteiger partial charge on any atom is 0.220 e. The predicted octanol–water partition coefficient (Wildman–Crippen LogP) is 16.3. The van der Waals surface area contributed by atoms with E-state index in [-0.39, 0.29) is 11.3 Å². The molecular formula is C65H46N4. The Bertz CT molecular complexity index is 4110. The van der Waals surface area contributed by atoms with Crippen LogP contribution in [0.1, 0.15) is 47.6 Å². The van der Waals surface area contributed by atoms with Crippen molar-refractivity contribution >= 4 is 49.7 Å². The molecule has 0 radical (unpaired) electrons. The molecule has 0 saturated carbocycles. The minimum atomic E-state index is -0.214. The maximum atomic E-state index is 5.10. The molecule has 0 bridgehead atoms. The summed E-state index contributed by atoms with van der Waals surface area (Å²) in [4.78, 5) is 5.10. The van der Waals surface area contributed by atoms with Gasteiger partial charge in [-0.25, -0.2) is 4.98 Å². The summed E-state index contributed by atoms with van der Waals surface area (Å²) in [6, 6.07) is 86.9. The van der Waals surface area contributed by atoms with E-state index < -0.39 is 0 Å². The summed E-state index contributed by atoms with van der Waals surface area (Å²) in [6.07, 6.45) is 0. The van der Waals surface area contributed by atoms with Crippen molar-refractivity contribution < 1.29 is 0 Å². The van der Waals surface area contributed by atoms with Gasteiger partial charge in [0.15, 0.2) is 0 Å². The fourth-order valence-electron chi connectivity index (χ4n) is 11.6. The third-order valence-corrected chi connectivity index (χ3v) is 15.0. The number of hydrogen-bond donors (Lipinski definition) is 0. The minimum Gasteiger partial charge on any atom is -0.309 e. The zero-order valence-electron chi connectivity index (χ0n) is 38.4. The molecular weight excluding hydrogens is 837 g/mol. The quantitative estimate of drug-likeness (QED) is 0.147. The predicted molar refractivity (Wildman–Crippen MR) is 286 cm³/mol. The summed E-state index contributed by atoms with van der Waals surface area (Å²) in [7, 11) is 0. The van der Waals surface area contributed by atoms with E-state index in [9.17, 15) is 0 Å². The highest BCUT2D eigenvalue weighted by atomic mass is 15.2. The molecule has 0 fully saturated rings. The van der Waals surface area contributed by atoms with Gasteiger partial charge >= 0.3 is 0 Å². The van der Waals surface area contributed by atoms with Crippen LogP contribution in [0.3, 0.4) is 0 Å². The highest BCUT2D eigenvalue weighted by Crippen LogP contribution is 2.52. The first-order chi connectivity index (χ1) is 34.0. The van der Waals surface area contributed by atoms with Crippen LogP contribution in [0.15, 0.2) is 237 Å². The second-order valence-electron chi connectivity index (χ2n) is 19.2. The van der Waals surface area contributed by atoms with Gasteiger partial charge in [0.1, 0.15) is 0 Å². The van der Waals surface area contributed by atoms with Crippen LogP contribution in [0.25, 0.3) is 94.4 Å². The number of rotatable bonds is 7. The average Bonchev–Trinajstić information content (AvgIpc) is 4.11. The zero-order valence-corrected chi connectivity index (χ0v) is 38.4. The van der Waals surface area contributed by atoms with Crippen LogP contribution in [0.2, 0.25) is 0 Å². The van der Waals surface area contributed by atoms with Crippen LogP contribution in [-0.4, -0.2) is 18.5 Å². The topological polar surface area (TPSA) is 27.2 Å². The molecule has 0 N–H and O–H groups in total. The fraction of sp³-hybridized carbons (Fsp3) is 0.0615. The van der Waals surface area contributed by atoms with E-state index in [4.69, 9.17) is 4.98 Å². The third-order valence-electron chi connectivity index (χ3n) is 15.0. The van der Waals surface area contributed by atoms with Crippen molar-refractivity contribution in [3.05, 3.63) is 264 Å². The lowest BCUT2D eigenvalue weighted by molar-refractivity contribution is 0.659. The number of imidazole rings is 2. The van der Waals surface area contributed by atoms with Gasteiger partial charge in [0.2, 0.25) is 5.78 Å². The molecule has 4 nitrogen and oxygen atoms in total. The molecule has 0 saturated heterocycles. The molecule has 13 aromatic rings. The van der Waals surface area contributed by atoms with Gasteiger partial charge in [-0.1, -0.05) is 184 Å². The van der Waals surface area contributed by atoms with Gasteiger partial charge < -0.3 is 4.57 Å². The van der Waals surface area contributed by atoms with Crippen molar-refractivity contribution in [3.63, 3.8) is 0 Å². The van der Waals surface area contributed by atoms with Crippen molar-refractivity contribution in [1.82, 2.24) is 18.5 Å². The van der Waals surface area contributed by atoms with E-state index in [1.807, 2.05) is 0 Å². The van der Waals surface area contributed by atoms with Crippen molar-refractivity contribution in [2.45, 2.75) is 25.2 Å². The molecule has 1 atom stereocenters. The molecule has 0 amide bonds. The van der Waals surface area contributed by atoms with E-state index in [1.165, 1.54) is 88.7 Å². The molecule has 3 heterocycles. The molecule has 3 aromatic heterocycles. The van der Waals surface area contributed by atoms with E-state index in [0.29, 0.717) is 0 Å². The normalized spacial score (nSPS) is 13.4. The molecule has 10 aromatic carbocycles. The molecule has 69 heavy (non-hydrogen) atoms. The molecule has 0 aliphatic heterocycles. The monoisotopic (exact) mass is 882 g/mol. The Kier molecular flexibility index (Phi) is 8.66. The first kappa shape index (κ1) is 39.4. The van der Waals surface area contributed by atoms with Crippen LogP contribution < -0.4 is 0 Å². The van der Waals surface area contributed by atoms with Crippen LogP contribution in [-0.2, 0) is 5.41 Å². The summed E-state index contributed by atoms with van der Waals surface area (Å²) < 4.78 is 6.98. The van der Waals surface area contributed by atoms with Gasteiger partial charge in [0.05, 0.1) is 33.1 Å². The van der Waals surface area contributed by atoms with Crippen molar-refractivity contribution in [2.24, 2.45) is 0 Å². The van der Waals surface area contributed by atoms with Crippen LogP contribution >= 0.6 is 0 Å². The smallest absolute Gasteiger partial charge is 0.220 e. The van der Waals surface area contributed by atoms with Crippen molar-refractivity contribution in [2.75, 3.05) is 0 Å². The highest BCUT2D eigenvalue weighted by molar-refractivity contribution is 6.11. The molecule has 14 rings (SSSR count). The fourth-order valence-corrected chi connectivity index (χ4v) is 11.6. The molecule has 4 heteroatoms. The first-order valence-corrected chi connectivity index (χ1v) is 24.0. The van der Waals surface area contributed by atoms with Gasteiger partial charge in [-0.2, -0.15) is 0 Å². The van der Waals surface area contributed by atoms with Gasteiger partial charge in [-0.15, -0.1) is 0 Å². The number of benzene rings is 10.